The number of ether oxygens (including phenoxy) is 3. The van der Waals surface area contributed by atoms with E-state index in [4.69, 9.17) is 14.2 Å². The van der Waals surface area contributed by atoms with Gasteiger partial charge < -0.3 is 19.5 Å². The van der Waals surface area contributed by atoms with Gasteiger partial charge in [0, 0.05) is 11.7 Å². The van der Waals surface area contributed by atoms with Gasteiger partial charge in [-0.25, -0.2) is 0 Å². The second-order valence-electron chi connectivity index (χ2n) is 5.17. The highest BCUT2D eigenvalue weighted by Gasteiger charge is 2.08. The summed E-state index contributed by atoms with van der Waals surface area (Å²) in [6, 6.07) is 14.3. The summed E-state index contributed by atoms with van der Waals surface area (Å²) in [4.78, 5) is 0. The summed E-state index contributed by atoms with van der Waals surface area (Å²) < 4.78 is 15.8. The Hall–Kier alpha value is -2.36. The van der Waals surface area contributed by atoms with Crippen LogP contribution in [0.25, 0.3) is 0 Å². The van der Waals surface area contributed by atoms with E-state index in [1.165, 1.54) is 5.56 Å². The Bertz CT molecular complexity index is 596. The number of methoxy groups -OCH3 is 3. The molecule has 1 N–H and O–H groups in total. The summed E-state index contributed by atoms with van der Waals surface area (Å²) in [5.41, 5.74) is 2.28. The SMILES string of the molecule is COc1ccc(N[C@H](C)Cc2ccc(OC)c(OC)c2)cc1. The lowest BCUT2D eigenvalue weighted by Gasteiger charge is -2.17. The van der Waals surface area contributed by atoms with Crippen LogP contribution in [0.15, 0.2) is 42.5 Å². The van der Waals surface area contributed by atoms with Crippen LogP contribution in [-0.2, 0) is 6.42 Å². The van der Waals surface area contributed by atoms with Crippen molar-refractivity contribution in [2.45, 2.75) is 19.4 Å². The smallest absolute Gasteiger partial charge is 0.160 e. The Morgan fingerprint density at radius 3 is 2.14 bits per heavy atom. The zero-order valence-electron chi connectivity index (χ0n) is 13.6. The molecule has 0 amide bonds. The maximum absolute atomic E-state index is 5.34. The van der Waals surface area contributed by atoms with Gasteiger partial charge >= 0.3 is 0 Å². The van der Waals surface area contributed by atoms with Crippen LogP contribution in [0.3, 0.4) is 0 Å². The lowest BCUT2D eigenvalue weighted by Crippen LogP contribution is -2.18. The zero-order chi connectivity index (χ0) is 15.9. The van der Waals surface area contributed by atoms with E-state index < -0.39 is 0 Å². The molecule has 2 aromatic rings. The summed E-state index contributed by atoms with van der Waals surface area (Å²) in [6.45, 7) is 2.15. The molecule has 4 nitrogen and oxygen atoms in total. The van der Waals surface area contributed by atoms with Crippen LogP contribution in [0.5, 0.6) is 17.2 Å². The van der Waals surface area contributed by atoms with E-state index in [2.05, 4.69) is 18.3 Å². The van der Waals surface area contributed by atoms with Crippen LogP contribution in [0.4, 0.5) is 5.69 Å². The topological polar surface area (TPSA) is 39.7 Å². The summed E-state index contributed by atoms with van der Waals surface area (Å²) >= 11 is 0. The van der Waals surface area contributed by atoms with Crippen molar-refractivity contribution in [3.05, 3.63) is 48.0 Å². The Balaban J connectivity index is 2.00. The molecule has 0 heterocycles. The van der Waals surface area contributed by atoms with Gasteiger partial charge in [-0.3, -0.25) is 0 Å². The molecule has 0 aliphatic heterocycles. The minimum atomic E-state index is 0.298. The van der Waals surface area contributed by atoms with Crippen LogP contribution < -0.4 is 19.5 Å². The molecule has 0 saturated heterocycles. The van der Waals surface area contributed by atoms with Crippen LogP contribution in [0.1, 0.15) is 12.5 Å². The van der Waals surface area contributed by atoms with Gasteiger partial charge in [0.1, 0.15) is 5.75 Å². The standard InChI is InChI=1S/C18H23NO3/c1-13(19-15-6-8-16(20-2)9-7-15)11-14-5-10-17(21-3)18(12-14)22-4/h5-10,12-13,19H,11H2,1-4H3/t13-/m1/s1. The van der Waals surface area contributed by atoms with Crippen molar-refractivity contribution in [1.82, 2.24) is 0 Å². The fourth-order valence-electron chi connectivity index (χ4n) is 2.38. The monoisotopic (exact) mass is 301 g/mol. The number of hydrogen-bond acceptors (Lipinski definition) is 4. The van der Waals surface area contributed by atoms with Gasteiger partial charge in [-0.15, -0.1) is 0 Å². The van der Waals surface area contributed by atoms with Gasteiger partial charge in [0.15, 0.2) is 11.5 Å². The largest absolute Gasteiger partial charge is 0.497 e. The minimum absolute atomic E-state index is 0.298. The Morgan fingerprint density at radius 1 is 0.864 bits per heavy atom. The second kappa shape index (κ2) is 7.59. The fourth-order valence-corrected chi connectivity index (χ4v) is 2.38. The van der Waals surface area contributed by atoms with Crippen molar-refractivity contribution < 1.29 is 14.2 Å². The number of hydrogen-bond donors (Lipinski definition) is 1. The van der Waals surface area contributed by atoms with Crippen molar-refractivity contribution in [3.63, 3.8) is 0 Å². The molecule has 0 aromatic heterocycles. The maximum Gasteiger partial charge on any atom is 0.160 e. The summed E-state index contributed by atoms with van der Waals surface area (Å²) in [7, 11) is 4.97. The van der Waals surface area contributed by atoms with Gasteiger partial charge in [0.2, 0.25) is 0 Å². The number of anilines is 1. The predicted molar refractivity (Wildman–Crippen MR) is 89.3 cm³/mol. The summed E-state index contributed by atoms with van der Waals surface area (Å²) in [5, 5.41) is 3.48. The molecule has 0 spiro atoms. The van der Waals surface area contributed by atoms with Crippen molar-refractivity contribution in [1.29, 1.82) is 0 Å². The summed E-state index contributed by atoms with van der Waals surface area (Å²) in [6.07, 6.45) is 0.895. The highest BCUT2D eigenvalue weighted by molar-refractivity contribution is 5.48. The zero-order valence-corrected chi connectivity index (χ0v) is 13.6. The van der Waals surface area contributed by atoms with Gasteiger partial charge in [0.05, 0.1) is 21.3 Å². The molecule has 118 valence electrons. The first kappa shape index (κ1) is 16.0. The lowest BCUT2D eigenvalue weighted by molar-refractivity contribution is 0.354. The van der Waals surface area contributed by atoms with Crippen LogP contribution in [0, 0.1) is 0 Å². The van der Waals surface area contributed by atoms with Crippen molar-refractivity contribution in [3.8, 4) is 17.2 Å². The van der Waals surface area contributed by atoms with E-state index in [0.29, 0.717) is 6.04 Å². The van der Waals surface area contributed by atoms with Crippen molar-refractivity contribution >= 4 is 5.69 Å². The molecule has 0 aliphatic carbocycles. The summed E-state index contributed by atoms with van der Waals surface area (Å²) in [5.74, 6) is 2.37. The van der Waals surface area contributed by atoms with E-state index in [1.54, 1.807) is 21.3 Å². The third-order valence-corrected chi connectivity index (χ3v) is 3.49. The van der Waals surface area contributed by atoms with Gasteiger partial charge in [-0.05, 0) is 55.3 Å². The average molecular weight is 301 g/mol. The molecular formula is C18H23NO3. The first-order chi connectivity index (χ1) is 10.7. The first-order valence-electron chi connectivity index (χ1n) is 7.27. The lowest BCUT2D eigenvalue weighted by atomic mass is 10.1. The second-order valence-corrected chi connectivity index (χ2v) is 5.17. The molecule has 2 rings (SSSR count). The van der Waals surface area contributed by atoms with E-state index in [9.17, 15) is 0 Å². The van der Waals surface area contributed by atoms with Gasteiger partial charge in [-0.2, -0.15) is 0 Å². The molecule has 4 heteroatoms. The van der Waals surface area contributed by atoms with Gasteiger partial charge in [-0.1, -0.05) is 6.07 Å². The average Bonchev–Trinajstić information content (AvgIpc) is 2.55. The molecule has 0 unspecified atom stereocenters. The molecular weight excluding hydrogens is 278 g/mol. The van der Waals surface area contributed by atoms with E-state index in [1.807, 2.05) is 36.4 Å². The van der Waals surface area contributed by atoms with E-state index in [0.717, 1.165) is 29.4 Å². The molecule has 0 aliphatic rings. The minimum Gasteiger partial charge on any atom is -0.497 e. The molecule has 0 saturated carbocycles. The number of rotatable bonds is 7. The van der Waals surface area contributed by atoms with E-state index in [-0.39, 0.29) is 0 Å². The van der Waals surface area contributed by atoms with Crippen LogP contribution in [0.2, 0.25) is 0 Å². The fraction of sp³-hybridized carbons (Fsp3) is 0.333. The first-order valence-corrected chi connectivity index (χ1v) is 7.27. The molecule has 0 fully saturated rings. The van der Waals surface area contributed by atoms with Crippen LogP contribution in [-0.4, -0.2) is 27.4 Å². The third-order valence-electron chi connectivity index (χ3n) is 3.49. The molecule has 22 heavy (non-hydrogen) atoms. The number of nitrogens with one attached hydrogen (secondary N) is 1. The van der Waals surface area contributed by atoms with E-state index >= 15 is 0 Å². The molecule has 0 bridgehead atoms. The highest BCUT2D eigenvalue weighted by atomic mass is 16.5. The Morgan fingerprint density at radius 2 is 1.55 bits per heavy atom. The van der Waals surface area contributed by atoms with Crippen molar-refractivity contribution in [2.75, 3.05) is 26.6 Å². The third kappa shape index (κ3) is 4.07. The Kier molecular flexibility index (Phi) is 5.53. The predicted octanol–water partition coefficient (Wildman–Crippen LogP) is 3.76. The molecule has 1 atom stereocenters. The Labute approximate surface area is 132 Å². The van der Waals surface area contributed by atoms with Crippen molar-refractivity contribution in [2.24, 2.45) is 0 Å². The quantitative estimate of drug-likeness (QED) is 0.845. The molecule has 0 radical (unpaired) electrons. The number of benzene rings is 2. The normalized spacial score (nSPS) is 11.6. The highest BCUT2D eigenvalue weighted by Crippen LogP contribution is 2.28. The van der Waals surface area contributed by atoms with Crippen LogP contribution >= 0.6 is 0 Å². The maximum atomic E-state index is 5.34. The van der Waals surface area contributed by atoms with Gasteiger partial charge in [0.25, 0.3) is 0 Å². The molecule has 2 aromatic carbocycles.